The number of carboxylic acid groups (broad SMARTS) is 1. The van der Waals surface area contributed by atoms with Crippen molar-refractivity contribution in [2.45, 2.75) is 44.9 Å². The minimum absolute atomic E-state index is 0.121. The molecule has 7 nitrogen and oxygen atoms in total. The molecule has 1 N–H and O–H groups in total. The third-order valence-electron chi connectivity index (χ3n) is 3.78. The van der Waals surface area contributed by atoms with Crippen molar-refractivity contribution in [2.75, 3.05) is 0 Å². The van der Waals surface area contributed by atoms with Crippen molar-refractivity contribution >= 4 is 17.3 Å². The lowest BCUT2D eigenvalue weighted by atomic mass is 10.1. The number of carbonyl (C=O) groups is 1. The van der Waals surface area contributed by atoms with Gasteiger partial charge in [-0.3, -0.25) is 4.57 Å². The Balaban J connectivity index is 2.02. The Morgan fingerprint density at radius 2 is 2.17 bits per heavy atom. The van der Waals surface area contributed by atoms with Gasteiger partial charge in [-0.15, -0.1) is 11.3 Å². The van der Waals surface area contributed by atoms with Gasteiger partial charge in [0.25, 0.3) is 0 Å². The van der Waals surface area contributed by atoms with Gasteiger partial charge in [-0.25, -0.2) is 19.3 Å². The molecule has 0 fully saturated rings. The number of aryl methyl sites for hydroxylation is 2. The van der Waals surface area contributed by atoms with Crippen LogP contribution in [-0.4, -0.2) is 30.4 Å². The third kappa shape index (κ3) is 2.83. The van der Waals surface area contributed by atoms with Crippen LogP contribution in [0.2, 0.25) is 0 Å². The van der Waals surface area contributed by atoms with E-state index in [1.165, 1.54) is 6.92 Å². The van der Waals surface area contributed by atoms with Crippen LogP contribution < -0.4 is 5.69 Å². The van der Waals surface area contributed by atoms with Crippen LogP contribution in [0.15, 0.2) is 4.79 Å². The molecule has 0 aliphatic carbocycles. The number of alkyl halides is 3. The van der Waals surface area contributed by atoms with Crippen LogP contribution in [-0.2, 0) is 23.9 Å². The molecule has 0 saturated heterocycles. The molecular weight excluding hydrogens is 349 g/mol. The molecular formula is C13H13F3N4O3S. The fourth-order valence-electron chi connectivity index (χ4n) is 2.80. The van der Waals surface area contributed by atoms with Crippen LogP contribution in [0.5, 0.6) is 0 Å². The maximum atomic E-state index is 13.0. The van der Waals surface area contributed by atoms with Crippen LogP contribution in [0.4, 0.5) is 13.2 Å². The third-order valence-corrected chi connectivity index (χ3v) is 4.74. The molecule has 11 heteroatoms. The van der Waals surface area contributed by atoms with E-state index in [-0.39, 0.29) is 22.3 Å². The second-order valence-electron chi connectivity index (χ2n) is 5.48. The summed E-state index contributed by atoms with van der Waals surface area (Å²) >= 11 is 0.841. The van der Waals surface area contributed by atoms with Gasteiger partial charge in [-0.2, -0.15) is 18.3 Å². The van der Waals surface area contributed by atoms with Crippen LogP contribution in [0, 0.1) is 6.92 Å². The van der Waals surface area contributed by atoms with E-state index in [1.54, 1.807) is 0 Å². The molecule has 0 spiro atoms. The number of nitrogens with zero attached hydrogens (tertiary/aromatic N) is 4. The van der Waals surface area contributed by atoms with Crippen LogP contribution in [0.25, 0.3) is 0 Å². The standard InChI is InChI=1S/C13H13F3N4O3S/c1-6-17-10(13(14,15)16)8(24-6)5-19-12(23)20-7(11(21)22)3-2-4-9(20)18-19/h7H,2-5H2,1H3,(H,21,22). The Labute approximate surface area is 137 Å². The molecule has 3 rings (SSSR count). The van der Waals surface area contributed by atoms with Gasteiger partial charge in [-0.1, -0.05) is 0 Å². The topological polar surface area (TPSA) is 90.0 Å². The fraction of sp³-hybridized carbons (Fsp3) is 0.538. The number of aromatic nitrogens is 4. The Hall–Kier alpha value is -2.17. The van der Waals surface area contributed by atoms with Crippen LogP contribution in [0.1, 0.15) is 40.3 Å². The number of carboxylic acids is 1. The lowest BCUT2D eigenvalue weighted by molar-refractivity contribution is -0.142. The summed E-state index contributed by atoms with van der Waals surface area (Å²) in [5.74, 6) is -0.865. The van der Waals surface area contributed by atoms with Gasteiger partial charge in [0.2, 0.25) is 0 Å². The average molecular weight is 362 g/mol. The number of thiazole rings is 1. The number of aliphatic carboxylic acids is 1. The number of halogens is 3. The van der Waals surface area contributed by atoms with E-state index < -0.39 is 29.6 Å². The first kappa shape index (κ1) is 16.7. The van der Waals surface area contributed by atoms with Gasteiger partial charge in [0, 0.05) is 6.42 Å². The van der Waals surface area contributed by atoms with Gasteiger partial charge >= 0.3 is 17.8 Å². The van der Waals surface area contributed by atoms with Gasteiger partial charge in [0.05, 0.1) is 16.4 Å². The van der Waals surface area contributed by atoms with Gasteiger partial charge in [0.15, 0.2) is 5.69 Å². The van der Waals surface area contributed by atoms with Crippen LogP contribution in [0.3, 0.4) is 0 Å². The lowest BCUT2D eigenvalue weighted by Gasteiger charge is -2.19. The summed E-state index contributed by atoms with van der Waals surface area (Å²) in [6, 6.07) is -1.03. The predicted octanol–water partition coefficient (Wildman–Crippen LogP) is 1.84. The summed E-state index contributed by atoms with van der Waals surface area (Å²) in [6.45, 7) is 1.07. The summed E-state index contributed by atoms with van der Waals surface area (Å²) in [6.07, 6.45) is -3.35. The first-order chi connectivity index (χ1) is 11.2. The van der Waals surface area contributed by atoms with E-state index in [1.807, 2.05) is 0 Å². The molecule has 1 aliphatic rings. The minimum atomic E-state index is -4.62. The number of fused-ring (bicyclic) bond motifs is 1. The molecule has 24 heavy (non-hydrogen) atoms. The molecule has 2 aromatic rings. The molecule has 0 aromatic carbocycles. The van der Waals surface area contributed by atoms with Gasteiger partial charge in [-0.05, 0) is 19.8 Å². The Morgan fingerprint density at radius 1 is 1.46 bits per heavy atom. The molecule has 0 radical (unpaired) electrons. The molecule has 3 heterocycles. The maximum Gasteiger partial charge on any atom is 0.434 e. The Kier molecular flexibility index (Phi) is 3.98. The minimum Gasteiger partial charge on any atom is -0.480 e. The first-order valence-corrected chi connectivity index (χ1v) is 7.94. The number of rotatable bonds is 3. The van der Waals surface area contributed by atoms with E-state index >= 15 is 0 Å². The molecule has 0 bridgehead atoms. The molecule has 1 unspecified atom stereocenters. The smallest absolute Gasteiger partial charge is 0.434 e. The quantitative estimate of drug-likeness (QED) is 0.900. The molecule has 0 amide bonds. The highest BCUT2D eigenvalue weighted by Gasteiger charge is 2.38. The first-order valence-electron chi connectivity index (χ1n) is 7.13. The highest BCUT2D eigenvalue weighted by Crippen LogP contribution is 2.34. The second kappa shape index (κ2) is 5.72. The van der Waals surface area contributed by atoms with E-state index in [2.05, 4.69) is 10.1 Å². The summed E-state index contributed by atoms with van der Waals surface area (Å²) in [5.41, 5.74) is -1.74. The summed E-state index contributed by atoms with van der Waals surface area (Å²) in [7, 11) is 0. The maximum absolute atomic E-state index is 13.0. The van der Waals surface area contributed by atoms with E-state index in [4.69, 9.17) is 0 Å². The number of hydrogen-bond acceptors (Lipinski definition) is 5. The van der Waals surface area contributed by atoms with Crippen molar-refractivity contribution in [1.29, 1.82) is 0 Å². The predicted molar refractivity (Wildman–Crippen MR) is 77.1 cm³/mol. The highest BCUT2D eigenvalue weighted by atomic mass is 32.1. The van der Waals surface area contributed by atoms with Crippen molar-refractivity contribution < 1.29 is 23.1 Å². The summed E-state index contributed by atoms with van der Waals surface area (Å²) in [5, 5.41) is 13.5. The van der Waals surface area contributed by atoms with Crippen molar-refractivity contribution in [3.63, 3.8) is 0 Å². The van der Waals surface area contributed by atoms with Crippen molar-refractivity contribution in [1.82, 2.24) is 19.3 Å². The molecule has 0 saturated carbocycles. The monoisotopic (exact) mass is 362 g/mol. The summed E-state index contributed by atoms with van der Waals surface area (Å²) in [4.78, 5) is 27.0. The fourth-order valence-corrected chi connectivity index (χ4v) is 3.74. The lowest BCUT2D eigenvalue weighted by Crippen LogP contribution is -2.34. The highest BCUT2D eigenvalue weighted by molar-refractivity contribution is 7.11. The zero-order valence-electron chi connectivity index (χ0n) is 12.5. The Bertz CT molecular complexity index is 852. The normalized spacial score (nSPS) is 17.8. The Morgan fingerprint density at radius 3 is 2.79 bits per heavy atom. The van der Waals surface area contributed by atoms with Gasteiger partial charge < -0.3 is 5.11 Å². The SMILES string of the molecule is Cc1nc(C(F)(F)F)c(Cn2nc3n(c2=O)C(C(=O)O)CCC3)s1. The summed E-state index contributed by atoms with van der Waals surface area (Å²) < 4.78 is 41.0. The largest absolute Gasteiger partial charge is 0.480 e. The molecule has 2 aromatic heterocycles. The zero-order chi connectivity index (χ0) is 17.6. The molecule has 1 atom stereocenters. The van der Waals surface area contributed by atoms with Crippen LogP contribution >= 0.6 is 11.3 Å². The van der Waals surface area contributed by atoms with E-state index in [0.29, 0.717) is 19.3 Å². The molecule has 1 aliphatic heterocycles. The number of hydrogen-bond donors (Lipinski definition) is 1. The zero-order valence-corrected chi connectivity index (χ0v) is 13.3. The average Bonchev–Trinajstić information content (AvgIpc) is 3.00. The van der Waals surface area contributed by atoms with E-state index in [0.717, 1.165) is 20.6 Å². The van der Waals surface area contributed by atoms with Crippen molar-refractivity contribution in [3.05, 3.63) is 31.9 Å². The van der Waals surface area contributed by atoms with Gasteiger partial charge in [0.1, 0.15) is 11.9 Å². The van der Waals surface area contributed by atoms with Crippen molar-refractivity contribution in [2.24, 2.45) is 0 Å². The molecule has 130 valence electrons. The van der Waals surface area contributed by atoms with E-state index in [9.17, 15) is 27.9 Å². The van der Waals surface area contributed by atoms with Crippen molar-refractivity contribution in [3.8, 4) is 0 Å². The second-order valence-corrected chi connectivity index (χ2v) is 6.76.